The molecule has 0 aliphatic carbocycles. The molecule has 114 valence electrons. The number of esters is 1. The second kappa shape index (κ2) is 5.36. The number of hydrogen-bond donors (Lipinski definition) is 0. The van der Waals surface area contributed by atoms with E-state index in [9.17, 15) is 4.79 Å². The topological polar surface area (TPSA) is 42.4 Å². The van der Waals surface area contributed by atoms with Crippen molar-refractivity contribution in [2.75, 3.05) is 7.05 Å². The molecule has 2 aliphatic heterocycles. The van der Waals surface area contributed by atoms with Crippen LogP contribution in [0.1, 0.15) is 36.0 Å². The van der Waals surface area contributed by atoms with E-state index in [1.165, 1.54) is 12.8 Å². The number of pyridine rings is 1. The highest BCUT2D eigenvalue weighted by molar-refractivity contribution is 5.93. The summed E-state index contributed by atoms with van der Waals surface area (Å²) in [5, 5.41) is 0.973. The summed E-state index contributed by atoms with van der Waals surface area (Å²) in [5.41, 5.74) is 1.45. The molecule has 2 aromatic rings. The quantitative estimate of drug-likeness (QED) is 0.799. The molecular formula is C18H20N2O2. The van der Waals surface area contributed by atoms with Gasteiger partial charge in [0.05, 0.1) is 11.1 Å². The minimum atomic E-state index is -0.243. The molecule has 0 spiro atoms. The average Bonchev–Trinajstić information content (AvgIpc) is 2.75. The summed E-state index contributed by atoms with van der Waals surface area (Å²) < 4.78 is 5.75. The lowest BCUT2D eigenvalue weighted by molar-refractivity contribution is -0.000467. The third-order valence-electron chi connectivity index (χ3n) is 5.15. The fourth-order valence-electron chi connectivity index (χ4n) is 3.86. The van der Waals surface area contributed by atoms with Gasteiger partial charge in [0.2, 0.25) is 0 Å². The SMILES string of the molecule is CN1[C@@H]2CC[C@H]1CC(OC(=O)c1cnc3ccccc3c1)C2. The van der Waals surface area contributed by atoms with E-state index in [0.717, 1.165) is 23.7 Å². The first-order chi connectivity index (χ1) is 10.7. The van der Waals surface area contributed by atoms with E-state index >= 15 is 0 Å². The number of benzene rings is 1. The van der Waals surface area contributed by atoms with Gasteiger partial charge in [0.25, 0.3) is 0 Å². The van der Waals surface area contributed by atoms with E-state index in [-0.39, 0.29) is 12.1 Å². The molecule has 2 bridgehead atoms. The minimum Gasteiger partial charge on any atom is -0.459 e. The van der Waals surface area contributed by atoms with Crippen molar-refractivity contribution in [3.05, 3.63) is 42.1 Å². The van der Waals surface area contributed by atoms with Crippen LogP contribution in [0.3, 0.4) is 0 Å². The van der Waals surface area contributed by atoms with E-state index in [4.69, 9.17) is 4.74 Å². The second-order valence-electron chi connectivity index (χ2n) is 6.47. The summed E-state index contributed by atoms with van der Waals surface area (Å²) in [6.07, 6.45) is 6.04. The highest BCUT2D eigenvalue weighted by Gasteiger charge is 2.39. The lowest BCUT2D eigenvalue weighted by Gasteiger charge is -2.35. The molecule has 1 unspecified atom stereocenters. The normalized spacial score (nSPS) is 28.0. The summed E-state index contributed by atoms with van der Waals surface area (Å²) in [5.74, 6) is -0.243. The average molecular weight is 296 g/mol. The molecule has 1 aromatic heterocycles. The largest absolute Gasteiger partial charge is 0.459 e. The first-order valence-electron chi connectivity index (χ1n) is 7.98. The Balaban J connectivity index is 1.49. The van der Waals surface area contributed by atoms with Crippen LogP contribution in [0.15, 0.2) is 36.5 Å². The van der Waals surface area contributed by atoms with E-state index in [1.54, 1.807) is 6.20 Å². The maximum atomic E-state index is 12.4. The number of rotatable bonds is 2. The Hall–Kier alpha value is -1.94. The number of ether oxygens (including phenoxy) is 1. The van der Waals surface area contributed by atoms with Crippen LogP contribution < -0.4 is 0 Å². The summed E-state index contributed by atoms with van der Waals surface area (Å²) in [6, 6.07) is 10.8. The molecule has 3 atom stereocenters. The molecule has 4 nitrogen and oxygen atoms in total. The number of aromatic nitrogens is 1. The van der Waals surface area contributed by atoms with Gasteiger partial charge in [-0.05, 0) is 32.0 Å². The molecule has 2 aliphatic rings. The van der Waals surface area contributed by atoms with Crippen LogP contribution >= 0.6 is 0 Å². The molecular weight excluding hydrogens is 276 g/mol. The van der Waals surface area contributed by atoms with Gasteiger partial charge in [0.1, 0.15) is 6.10 Å². The Morgan fingerprint density at radius 1 is 1.23 bits per heavy atom. The standard InChI is InChI=1S/C18H20N2O2/c1-20-14-6-7-15(20)10-16(9-14)22-18(21)13-8-12-4-2-3-5-17(12)19-11-13/h2-5,8,11,14-16H,6-7,9-10H2,1H3/t14-,15+,16?. The molecule has 4 rings (SSSR count). The van der Waals surface area contributed by atoms with E-state index in [1.807, 2.05) is 30.3 Å². The van der Waals surface area contributed by atoms with Crippen LogP contribution in [0, 0.1) is 0 Å². The number of carbonyl (C=O) groups excluding carboxylic acids is 1. The molecule has 22 heavy (non-hydrogen) atoms. The van der Waals surface area contributed by atoms with Crippen molar-refractivity contribution in [1.82, 2.24) is 9.88 Å². The zero-order valence-electron chi connectivity index (χ0n) is 12.7. The first kappa shape index (κ1) is 13.7. The van der Waals surface area contributed by atoms with E-state index < -0.39 is 0 Å². The maximum Gasteiger partial charge on any atom is 0.339 e. The number of nitrogens with zero attached hydrogens (tertiary/aromatic N) is 2. The zero-order valence-corrected chi connectivity index (χ0v) is 12.7. The van der Waals surface area contributed by atoms with Crippen molar-refractivity contribution in [2.24, 2.45) is 0 Å². The van der Waals surface area contributed by atoms with Crippen molar-refractivity contribution in [3.8, 4) is 0 Å². The van der Waals surface area contributed by atoms with Gasteiger partial charge in [-0.25, -0.2) is 4.79 Å². The predicted molar refractivity (Wildman–Crippen MR) is 84.8 cm³/mol. The Labute approximate surface area is 130 Å². The van der Waals surface area contributed by atoms with Gasteiger partial charge < -0.3 is 9.64 Å². The van der Waals surface area contributed by atoms with Crippen LogP contribution in [-0.2, 0) is 4.74 Å². The molecule has 3 heterocycles. The van der Waals surface area contributed by atoms with Gasteiger partial charge in [0.15, 0.2) is 0 Å². The molecule has 0 radical (unpaired) electrons. The van der Waals surface area contributed by atoms with E-state index in [0.29, 0.717) is 17.6 Å². The molecule has 0 N–H and O–H groups in total. The van der Waals surface area contributed by atoms with Gasteiger partial charge >= 0.3 is 5.97 Å². The monoisotopic (exact) mass is 296 g/mol. The maximum absolute atomic E-state index is 12.4. The van der Waals surface area contributed by atoms with Gasteiger partial charge in [-0.1, -0.05) is 18.2 Å². The predicted octanol–water partition coefficient (Wildman–Crippen LogP) is 3.02. The molecule has 0 amide bonds. The fraction of sp³-hybridized carbons (Fsp3) is 0.444. The number of carbonyl (C=O) groups is 1. The Morgan fingerprint density at radius 2 is 1.95 bits per heavy atom. The van der Waals surface area contributed by atoms with Gasteiger partial charge in [-0.15, -0.1) is 0 Å². The summed E-state index contributed by atoms with van der Waals surface area (Å²) in [7, 11) is 2.19. The highest BCUT2D eigenvalue weighted by Crippen LogP contribution is 2.35. The third kappa shape index (κ3) is 2.37. The van der Waals surface area contributed by atoms with Gasteiger partial charge in [-0.2, -0.15) is 0 Å². The number of hydrogen-bond acceptors (Lipinski definition) is 4. The summed E-state index contributed by atoms with van der Waals surface area (Å²) in [6.45, 7) is 0. The Kier molecular flexibility index (Phi) is 3.34. The van der Waals surface area contributed by atoms with Crippen LogP contribution in [0.2, 0.25) is 0 Å². The molecule has 0 saturated carbocycles. The van der Waals surface area contributed by atoms with Crippen LogP contribution in [0.25, 0.3) is 10.9 Å². The van der Waals surface area contributed by atoms with Crippen molar-refractivity contribution >= 4 is 16.9 Å². The molecule has 1 aromatic carbocycles. The van der Waals surface area contributed by atoms with Crippen molar-refractivity contribution in [1.29, 1.82) is 0 Å². The minimum absolute atomic E-state index is 0.0488. The van der Waals surface area contributed by atoms with Crippen molar-refractivity contribution < 1.29 is 9.53 Å². The van der Waals surface area contributed by atoms with Crippen LogP contribution in [-0.4, -0.2) is 41.1 Å². The number of piperidine rings is 1. The first-order valence-corrected chi connectivity index (χ1v) is 7.98. The van der Waals surface area contributed by atoms with Crippen molar-refractivity contribution in [3.63, 3.8) is 0 Å². The van der Waals surface area contributed by atoms with Gasteiger partial charge in [-0.3, -0.25) is 4.98 Å². The summed E-state index contributed by atoms with van der Waals surface area (Å²) in [4.78, 5) is 19.2. The van der Waals surface area contributed by atoms with Crippen LogP contribution in [0.4, 0.5) is 0 Å². The zero-order chi connectivity index (χ0) is 15.1. The Morgan fingerprint density at radius 3 is 2.73 bits per heavy atom. The third-order valence-corrected chi connectivity index (χ3v) is 5.15. The van der Waals surface area contributed by atoms with Gasteiger partial charge in [0, 0.05) is 36.5 Å². The Bertz CT molecular complexity index is 701. The highest BCUT2D eigenvalue weighted by atomic mass is 16.5. The number of fused-ring (bicyclic) bond motifs is 3. The lowest BCUT2D eigenvalue weighted by Crippen LogP contribution is -2.43. The summed E-state index contributed by atoms with van der Waals surface area (Å²) >= 11 is 0. The number of para-hydroxylation sites is 1. The lowest BCUT2D eigenvalue weighted by atomic mass is 10.0. The molecule has 2 saturated heterocycles. The van der Waals surface area contributed by atoms with Crippen LogP contribution in [0.5, 0.6) is 0 Å². The fourth-order valence-corrected chi connectivity index (χ4v) is 3.86. The van der Waals surface area contributed by atoms with Crippen molar-refractivity contribution in [2.45, 2.75) is 43.9 Å². The smallest absolute Gasteiger partial charge is 0.339 e. The molecule has 4 heteroatoms. The molecule has 2 fully saturated rings. The second-order valence-corrected chi connectivity index (χ2v) is 6.47. The van der Waals surface area contributed by atoms with E-state index in [2.05, 4.69) is 16.9 Å².